The second kappa shape index (κ2) is 9.65. The van der Waals surface area contributed by atoms with Gasteiger partial charge in [-0.3, -0.25) is 9.59 Å². The van der Waals surface area contributed by atoms with E-state index in [1.165, 1.54) is 0 Å². The molecular formula is C19H19ClO4. The molecule has 0 fully saturated rings. The topological polar surface area (TPSA) is 52.6 Å². The van der Waals surface area contributed by atoms with E-state index in [1.54, 1.807) is 38.1 Å². The van der Waals surface area contributed by atoms with Crippen LogP contribution < -0.4 is 0 Å². The van der Waals surface area contributed by atoms with Gasteiger partial charge in [-0.25, -0.2) is 0 Å². The summed E-state index contributed by atoms with van der Waals surface area (Å²) in [4.78, 5) is 24.7. The SMILES string of the molecule is C#CCC(CC#Cc1ccccc1Cl)(C(=O)OCC)C(=O)OCC. The van der Waals surface area contributed by atoms with E-state index in [-0.39, 0.29) is 26.1 Å². The standard InChI is InChI=1S/C19H19ClO4/c1-4-13-19(17(21)23-5-2,18(22)24-6-3)14-9-11-15-10-7-8-12-16(15)20/h1,7-8,10,12H,5-6,13-14H2,2-3H3. The Morgan fingerprint density at radius 1 is 1.12 bits per heavy atom. The van der Waals surface area contributed by atoms with Crippen molar-refractivity contribution in [2.45, 2.75) is 26.7 Å². The summed E-state index contributed by atoms with van der Waals surface area (Å²) >= 11 is 6.04. The van der Waals surface area contributed by atoms with Crippen molar-refractivity contribution in [2.75, 3.05) is 13.2 Å². The zero-order valence-electron chi connectivity index (χ0n) is 13.7. The van der Waals surface area contributed by atoms with Gasteiger partial charge in [0, 0.05) is 18.4 Å². The van der Waals surface area contributed by atoms with Gasteiger partial charge in [0.15, 0.2) is 5.41 Å². The summed E-state index contributed by atoms with van der Waals surface area (Å²) in [5.74, 6) is 6.57. The average Bonchev–Trinajstić information content (AvgIpc) is 2.56. The summed E-state index contributed by atoms with van der Waals surface area (Å²) in [6.07, 6.45) is 5.09. The number of benzene rings is 1. The Bertz CT molecular complexity index is 673. The van der Waals surface area contributed by atoms with Gasteiger partial charge in [0.25, 0.3) is 0 Å². The van der Waals surface area contributed by atoms with Gasteiger partial charge in [-0.05, 0) is 26.0 Å². The minimum absolute atomic E-state index is 0.111. The van der Waals surface area contributed by atoms with Gasteiger partial charge in [0.1, 0.15) is 0 Å². The molecule has 1 rings (SSSR count). The number of carbonyl (C=O) groups is 2. The lowest BCUT2D eigenvalue weighted by Gasteiger charge is -2.25. The molecule has 0 radical (unpaired) electrons. The third kappa shape index (κ3) is 4.78. The van der Waals surface area contributed by atoms with Crippen molar-refractivity contribution >= 4 is 23.5 Å². The molecule has 24 heavy (non-hydrogen) atoms. The molecule has 0 aliphatic heterocycles. The van der Waals surface area contributed by atoms with Crippen LogP contribution in [-0.4, -0.2) is 25.2 Å². The molecule has 0 aliphatic rings. The largest absolute Gasteiger partial charge is 0.465 e. The molecule has 0 aliphatic carbocycles. The van der Waals surface area contributed by atoms with Crippen molar-refractivity contribution < 1.29 is 19.1 Å². The third-order valence-corrected chi connectivity index (χ3v) is 3.55. The minimum atomic E-state index is -1.63. The van der Waals surface area contributed by atoms with E-state index in [1.807, 2.05) is 0 Å². The highest BCUT2D eigenvalue weighted by Gasteiger charge is 2.48. The molecule has 0 unspecified atom stereocenters. The van der Waals surface area contributed by atoms with E-state index >= 15 is 0 Å². The highest BCUT2D eigenvalue weighted by molar-refractivity contribution is 6.31. The first-order valence-electron chi connectivity index (χ1n) is 7.53. The number of hydrogen-bond donors (Lipinski definition) is 0. The molecule has 0 spiro atoms. The first-order valence-corrected chi connectivity index (χ1v) is 7.91. The number of terminal acetylenes is 1. The van der Waals surface area contributed by atoms with Crippen molar-refractivity contribution in [3.05, 3.63) is 34.9 Å². The van der Waals surface area contributed by atoms with Crippen LogP contribution in [-0.2, 0) is 19.1 Å². The fourth-order valence-electron chi connectivity index (χ4n) is 2.00. The molecule has 0 atom stereocenters. The van der Waals surface area contributed by atoms with Crippen LogP contribution in [0.5, 0.6) is 0 Å². The van der Waals surface area contributed by atoms with E-state index in [0.29, 0.717) is 10.6 Å². The Balaban J connectivity index is 3.18. The summed E-state index contributed by atoms with van der Waals surface area (Å²) in [5, 5.41) is 0.486. The van der Waals surface area contributed by atoms with Crippen molar-refractivity contribution in [3.8, 4) is 24.2 Å². The van der Waals surface area contributed by atoms with Gasteiger partial charge in [-0.15, -0.1) is 12.3 Å². The smallest absolute Gasteiger partial charge is 0.325 e. The predicted molar refractivity (Wildman–Crippen MR) is 92.1 cm³/mol. The van der Waals surface area contributed by atoms with E-state index < -0.39 is 17.4 Å². The van der Waals surface area contributed by atoms with Crippen LogP contribution >= 0.6 is 11.6 Å². The Hall–Kier alpha value is -2.43. The van der Waals surface area contributed by atoms with E-state index in [2.05, 4.69) is 17.8 Å². The molecule has 0 bridgehead atoms. The van der Waals surface area contributed by atoms with Gasteiger partial charge in [0.2, 0.25) is 0 Å². The Kier molecular flexibility index (Phi) is 7.89. The van der Waals surface area contributed by atoms with E-state index in [4.69, 9.17) is 27.5 Å². The van der Waals surface area contributed by atoms with Gasteiger partial charge in [-0.1, -0.05) is 35.6 Å². The highest BCUT2D eigenvalue weighted by atomic mass is 35.5. The lowest BCUT2D eigenvalue weighted by atomic mass is 9.81. The van der Waals surface area contributed by atoms with Crippen molar-refractivity contribution in [2.24, 2.45) is 5.41 Å². The quantitative estimate of drug-likeness (QED) is 0.451. The molecule has 0 heterocycles. The lowest BCUT2D eigenvalue weighted by Crippen LogP contribution is -2.41. The molecule has 126 valence electrons. The van der Waals surface area contributed by atoms with Gasteiger partial charge in [-0.2, -0.15) is 0 Å². The molecule has 5 heteroatoms. The molecule has 0 saturated heterocycles. The molecule has 1 aromatic rings. The maximum atomic E-state index is 12.4. The second-order valence-electron chi connectivity index (χ2n) is 4.86. The first-order chi connectivity index (χ1) is 11.5. The summed E-state index contributed by atoms with van der Waals surface area (Å²) in [7, 11) is 0. The Morgan fingerprint density at radius 3 is 2.21 bits per heavy atom. The zero-order valence-corrected chi connectivity index (χ0v) is 14.5. The predicted octanol–water partition coefficient (Wildman–Crippen LogP) is 3.22. The van der Waals surface area contributed by atoms with Crippen LogP contribution in [0.1, 0.15) is 32.3 Å². The lowest BCUT2D eigenvalue weighted by molar-refractivity contribution is -0.171. The molecule has 1 aromatic carbocycles. The van der Waals surface area contributed by atoms with E-state index in [9.17, 15) is 9.59 Å². The molecule has 0 saturated carbocycles. The molecule has 0 amide bonds. The van der Waals surface area contributed by atoms with Crippen LogP contribution in [0.2, 0.25) is 5.02 Å². The van der Waals surface area contributed by atoms with Crippen molar-refractivity contribution in [1.29, 1.82) is 0 Å². The fraction of sp³-hybridized carbons (Fsp3) is 0.368. The zero-order chi connectivity index (χ0) is 18.0. The van der Waals surface area contributed by atoms with Gasteiger partial charge in [0.05, 0.1) is 18.2 Å². The average molecular weight is 347 g/mol. The molecule has 0 N–H and O–H groups in total. The fourth-order valence-corrected chi connectivity index (χ4v) is 2.18. The number of hydrogen-bond acceptors (Lipinski definition) is 4. The summed E-state index contributed by atoms with van der Waals surface area (Å²) in [6.45, 7) is 3.56. The summed E-state index contributed by atoms with van der Waals surface area (Å²) in [5.41, 5.74) is -1.03. The molecular weight excluding hydrogens is 328 g/mol. The first kappa shape index (κ1) is 19.6. The van der Waals surface area contributed by atoms with Crippen LogP contribution in [0.25, 0.3) is 0 Å². The number of carbonyl (C=O) groups excluding carboxylic acids is 2. The molecule has 4 nitrogen and oxygen atoms in total. The number of esters is 2. The van der Waals surface area contributed by atoms with Gasteiger partial charge >= 0.3 is 11.9 Å². The third-order valence-electron chi connectivity index (χ3n) is 3.22. The van der Waals surface area contributed by atoms with Crippen molar-refractivity contribution in [1.82, 2.24) is 0 Å². The summed E-state index contributed by atoms with van der Waals surface area (Å²) in [6, 6.07) is 7.03. The van der Waals surface area contributed by atoms with Gasteiger partial charge < -0.3 is 9.47 Å². The Morgan fingerprint density at radius 2 is 1.71 bits per heavy atom. The number of halogens is 1. The van der Waals surface area contributed by atoms with Crippen LogP contribution in [0.4, 0.5) is 0 Å². The van der Waals surface area contributed by atoms with E-state index in [0.717, 1.165) is 0 Å². The van der Waals surface area contributed by atoms with Crippen LogP contribution in [0.15, 0.2) is 24.3 Å². The van der Waals surface area contributed by atoms with Crippen LogP contribution in [0.3, 0.4) is 0 Å². The maximum absolute atomic E-state index is 12.4. The number of ether oxygens (including phenoxy) is 2. The second-order valence-corrected chi connectivity index (χ2v) is 5.27. The van der Waals surface area contributed by atoms with Crippen LogP contribution in [0, 0.1) is 29.6 Å². The highest BCUT2D eigenvalue weighted by Crippen LogP contribution is 2.30. The number of rotatable bonds is 6. The minimum Gasteiger partial charge on any atom is -0.465 e. The summed E-state index contributed by atoms with van der Waals surface area (Å²) < 4.78 is 10.0. The Labute approximate surface area is 147 Å². The molecule has 0 aromatic heterocycles. The maximum Gasteiger partial charge on any atom is 0.325 e. The monoisotopic (exact) mass is 346 g/mol. The normalized spacial score (nSPS) is 10.1. The van der Waals surface area contributed by atoms with Crippen molar-refractivity contribution in [3.63, 3.8) is 0 Å².